The van der Waals surface area contributed by atoms with Gasteiger partial charge >= 0.3 is 6.09 Å². The van der Waals surface area contributed by atoms with Gasteiger partial charge in [-0.05, 0) is 60.2 Å². The number of aromatic nitrogens is 4. The Bertz CT molecular complexity index is 1380. The maximum absolute atomic E-state index is 12.7. The topological polar surface area (TPSA) is 149 Å². The predicted molar refractivity (Wildman–Crippen MR) is 143 cm³/mol. The fraction of sp³-hybridized carbons (Fsp3) is 0.458. The molecule has 1 atom stereocenters. The molecule has 1 aromatic carbocycles. The number of benzene rings is 1. The van der Waals surface area contributed by atoms with Crippen LogP contribution in [0.2, 0.25) is 0 Å². The van der Waals surface area contributed by atoms with Gasteiger partial charge in [-0.25, -0.2) is 19.7 Å². The zero-order valence-electron chi connectivity index (χ0n) is 21.0. The molecule has 3 N–H and O–H groups in total. The highest BCUT2D eigenvalue weighted by molar-refractivity contribution is 9.10. The average Bonchev–Trinajstić information content (AvgIpc) is 3.51. The molecular formula is C24H28BrN7O5S. The summed E-state index contributed by atoms with van der Waals surface area (Å²) in [5.41, 5.74) is 7.36. The Labute approximate surface area is 231 Å². The molecule has 0 radical (unpaired) electrons. The second-order valence-electron chi connectivity index (χ2n) is 9.34. The monoisotopic (exact) mass is 605 g/mol. The lowest BCUT2D eigenvalue weighted by Gasteiger charge is -2.35. The standard InChI is InChI=1S/C24H28BrN7O5S/c1-13(30(2)24(34)35)22(33)31-6-3-14(4-7-31)5-8-32-21-19(20(26)27-11-28-21)29-23(32)38-18-10-17-16(9-15(18)25)36-12-37-17/h9-11,13-14H,3-8,12H2,1-2H3,(H,34,35)(H2,26,27,28)/t13-/m1/s1. The number of hydrogen-bond donors (Lipinski definition) is 2. The third-order valence-corrected chi connectivity index (χ3v) is 9.05. The zero-order valence-corrected chi connectivity index (χ0v) is 23.4. The number of rotatable bonds is 7. The molecule has 0 bridgehead atoms. The first-order chi connectivity index (χ1) is 18.2. The number of aryl methyl sites for hydroxylation is 1. The number of carboxylic acid groups (broad SMARTS) is 1. The van der Waals surface area contributed by atoms with E-state index < -0.39 is 12.1 Å². The van der Waals surface area contributed by atoms with Gasteiger partial charge in [0, 0.05) is 36.1 Å². The molecule has 0 aliphatic carbocycles. The number of nitrogens with zero attached hydrogens (tertiary/aromatic N) is 6. The van der Waals surface area contributed by atoms with Crippen molar-refractivity contribution in [2.24, 2.45) is 5.92 Å². The van der Waals surface area contributed by atoms with Crippen molar-refractivity contribution in [2.45, 2.75) is 48.8 Å². The molecule has 5 rings (SSSR count). The van der Waals surface area contributed by atoms with Crippen molar-refractivity contribution in [3.8, 4) is 11.5 Å². The van der Waals surface area contributed by atoms with Gasteiger partial charge in [-0.1, -0.05) is 11.8 Å². The van der Waals surface area contributed by atoms with Gasteiger partial charge in [-0.3, -0.25) is 9.69 Å². The van der Waals surface area contributed by atoms with E-state index >= 15 is 0 Å². The van der Waals surface area contributed by atoms with Crippen LogP contribution in [0.1, 0.15) is 26.2 Å². The molecular weight excluding hydrogens is 578 g/mol. The minimum absolute atomic E-state index is 0.158. The number of nitrogen functional groups attached to an aromatic ring is 1. The van der Waals surface area contributed by atoms with Gasteiger partial charge in [-0.2, -0.15) is 0 Å². The lowest BCUT2D eigenvalue weighted by atomic mass is 9.93. The summed E-state index contributed by atoms with van der Waals surface area (Å²) in [5.74, 6) is 1.95. The van der Waals surface area contributed by atoms with Crippen molar-refractivity contribution in [2.75, 3.05) is 32.7 Å². The molecule has 0 saturated carbocycles. The maximum atomic E-state index is 12.7. The van der Waals surface area contributed by atoms with Crippen LogP contribution in [0.25, 0.3) is 11.2 Å². The third kappa shape index (κ3) is 5.19. The Kier molecular flexibility index (Phi) is 7.52. The molecule has 38 heavy (non-hydrogen) atoms. The van der Waals surface area contributed by atoms with E-state index in [0.717, 1.165) is 38.7 Å². The summed E-state index contributed by atoms with van der Waals surface area (Å²) in [4.78, 5) is 41.0. The number of carbonyl (C=O) groups excluding carboxylic acids is 1. The summed E-state index contributed by atoms with van der Waals surface area (Å²) in [5, 5.41) is 9.92. The normalized spacial score (nSPS) is 16.1. The third-order valence-electron chi connectivity index (χ3n) is 7.08. The van der Waals surface area contributed by atoms with E-state index in [0.29, 0.717) is 54.0 Å². The number of fused-ring (bicyclic) bond motifs is 2. The van der Waals surface area contributed by atoms with Gasteiger partial charge in [0.2, 0.25) is 12.7 Å². The molecule has 2 aliphatic rings. The summed E-state index contributed by atoms with van der Waals surface area (Å²) in [7, 11) is 1.42. The molecule has 12 nitrogen and oxygen atoms in total. The molecule has 4 heterocycles. The molecule has 202 valence electrons. The first-order valence-electron chi connectivity index (χ1n) is 12.2. The molecule has 0 spiro atoms. The summed E-state index contributed by atoms with van der Waals surface area (Å²) < 4.78 is 13.9. The summed E-state index contributed by atoms with van der Waals surface area (Å²) in [6.07, 6.45) is 2.89. The van der Waals surface area contributed by atoms with E-state index in [1.807, 2.05) is 12.1 Å². The molecule has 2 aromatic heterocycles. The average molecular weight is 607 g/mol. The molecule has 1 saturated heterocycles. The highest BCUT2D eigenvalue weighted by atomic mass is 79.9. The van der Waals surface area contributed by atoms with Crippen LogP contribution in [0.4, 0.5) is 10.6 Å². The minimum atomic E-state index is -1.11. The number of likely N-dealkylation sites (N-methyl/N-ethyl adjacent to an activating group) is 1. The predicted octanol–water partition coefficient (Wildman–Crippen LogP) is 3.68. The van der Waals surface area contributed by atoms with Crippen LogP contribution in [0.3, 0.4) is 0 Å². The Hall–Kier alpha value is -3.26. The van der Waals surface area contributed by atoms with Crippen LogP contribution in [0, 0.1) is 5.92 Å². The largest absolute Gasteiger partial charge is 0.465 e. The second kappa shape index (κ2) is 10.8. The maximum Gasteiger partial charge on any atom is 0.407 e. The highest BCUT2D eigenvalue weighted by Gasteiger charge is 2.30. The van der Waals surface area contributed by atoms with Crippen LogP contribution in [-0.4, -0.2) is 79.4 Å². The molecule has 3 aromatic rings. The number of ether oxygens (including phenoxy) is 2. The number of anilines is 1. The van der Waals surface area contributed by atoms with Crippen molar-refractivity contribution in [3.63, 3.8) is 0 Å². The summed E-state index contributed by atoms with van der Waals surface area (Å²) >= 11 is 5.10. The van der Waals surface area contributed by atoms with Gasteiger partial charge in [-0.15, -0.1) is 0 Å². The lowest BCUT2D eigenvalue weighted by molar-refractivity contribution is -0.136. The molecule has 14 heteroatoms. The van der Waals surface area contributed by atoms with Crippen LogP contribution in [0.5, 0.6) is 11.5 Å². The summed E-state index contributed by atoms with van der Waals surface area (Å²) in [6.45, 7) is 3.70. The highest BCUT2D eigenvalue weighted by Crippen LogP contribution is 2.43. The van der Waals surface area contributed by atoms with E-state index in [1.165, 1.54) is 25.1 Å². The van der Waals surface area contributed by atoms with Crippen molar-refractivity contribution >= 4 is 56.7 Å². The second-order valence-corrected chi connectivity index (χ2v) is 11.2. The van der Waals surface area contributed by atoms with Crippen LogP contribution < -0.4 is 15.2 Å². The van der Waals surface area contributed by atoms with E-state index in [2.05, 4.69) is 30.5 Å². The van der Waals surface area contributed by atoms with E-state index in [9.17, 15) is 14.7 Å². The molecule has 0 unspecified atom stereocenters. The van der Waals surface area contributed by atoms with Crippen molar-refractivity contribution < 1.29 is 24.2 Å². The SMILES string of the molecule is C[C@H](C(=O)N1CCC(CCn2c(Sc3cc4c(cc3Br)OCO4)nc3c(N)ncnc32)CC1)N(C)C(=O)O. The Balaban J connectivity index is 1.29. The number of imidazole rings is 1. The van der Waals surface area contributed by atoms with Gasteiger partial charge in [0.25, 0.3) is 0 Å². The number of nitrogens with two attached hydrogens (primary N) is 1. The van der Waals surface area contributed by atoms with Gasteiger partial charge in [0.15, 0.2) is 33.6 Å². The number of halogens is 1. The summed E-state index contributed by atoms with van der Waals surface area (Å²) in [6, 6.07) is 3.10. The van der Waals surface area contributed by atoms with Crippen LogP contribution in [-0.2, 0) is 11.3 Å². The Morgan fingerprint density at radius 1 is 1.26 bits per heavy atom. The van der Waals surface area contributed by atoms with Gasteiger partial charge in [0.05, 0.1) is 0 Å². The van der Waals surface area contributed by atoms with Crippen molar-refractivity contribution in [1.29, 1.82) is 0 Å². The van der Waals surface area contributed by atoms with E-state index in [-0.39, 0.29) is 12.7 Å². The number of carbonyl (C=O) groups is 2. The van der Waals surface area contributed by atoms with Crippen molar-refractivity contribution in [1.82, 2.24) is 29.3 Å². The van der Waals surface area contributed by atoms with E-state index in [1.54, 1.807) is 11.8 Å². The fourth-order valence-corrected chi connectivity index (χ4v) is 6.15. The number of hydrogen-bond acceptors (Lipinski definition) is 9. The first kappa shape index (κ1) is 26.4. The van der Waals surface area contributed by atoms with Gasteiger partial charge in [0.1, 0.15) is 12.4 Å². The number of piperidine rings is 1. The van der Waals surface area contributed by atoms with Gasteiger partial charge < -0.3 is 29.8 Å². The Morgan fingerprint density at radius 2 is 1.97 bits per heavy atom. The fourth-order valence-electron chi connectivity index (χ4n) is 4.64. The number of amides is 2. The first-order valence-corrected chi connectivity index (χ1v) is 13.8. The quantitative estimate of drug-likeness (QED) is 0.408. The van der Waals surface area contributed by atoms with Crippen LogP contribution in [0.15, 0.2) is 33.0 Å². The minimum Gasteiger partial charge on any atom is -0.465 e. The molecule has 2 amide bonds. The van der Waals surface area contributed by atoms with Crippen LogP contribution >= 0.6 is 27.7 Å². The zero-order chi connectivity index (χ0) is 27.0. The smallest absolute Gasteiger partial charge is 0.407 e. The lowest BCUT2D eigenvalue weighted by Crippen LogP contribution is -2.49. The molecule has 2 aliphatic heterocycles. The number of likely N-dealkylation sites (tertiary alicyclic amines) is 1. The van der Waals surface area contributed by atoms with Crippen molar-refractivity contribution in [3.05, 3.63) is 22.9 Å². The molecule has 1 fully saturated rings. The van der Waals surface area contributed by atoms with E-state index in [4.69, 9.17) is 20.2 Å². The Morgan fingerprint density at radius 3 is 2.68 bits per heavy atom.